The van der Waals surface area contributed by atoms with Crippen LogP contribution < -0.4 is 5.43 Å². The van der Waals surface area contributed by atoms with Crippen LogP contribution in [-0.4, -0.2) is 22.1 Å². The summed E-state index contributed by atoms with van der Waals surface area (Å²) >= 11 is 0. The predicted octanol–water partition coefficient (Wildman–Crippen LogP) is 2.76. The number of nitrogens with zero attached hydrogens (tertiary/aromatic N) is 2. The highest BCUT2D eigenvalue weighted by molar-refractivity contribution is 5.93. The van der Waals surface area contributed by atoms with E-state index in [1.54, 1.807) is 23.9 Å². The van der Waals surface area contributed by atoms with Crippen LogP contribution in [0.15, 0.2) is 53.7 Å². The Bertz CT molecular complexity index is 952. The molecule has 3 aromatic rings. The van der Waals surface area contributed by atoms with Gasteiger partial charge in [-0.2, -0.15) is 0 Å². The van der Waals surface area contributed by atoms with Gasteiger partial charge in [-0.15, -0.1) is 0 Å². The fraction of sp³-hybridized carbons (Fsp3) is 0.167. The second-order valence-corrected chi connectivity index (χ2v) is 5.24. The van der Waals surface area contributed by atoms with E-state index in [4.69, 9.17) is 4.74 Å². The number of rotatable bonds is 4. The second-order valence-electron chi connectivity index (χ2n) is 5.24. The second kappa shape index (κ2) is 6.62. The van der Waals surface area contributed by atoms with Crippen LogP contribution in [0.3, 0.4) is 0 Å². The summed E-state index contributed by atoms with van der Waals surface area (Å²) in [6.07, 6.45) is 4.71. The minimum Gasteiger partial charge on any atom is -0.462 e. The molecule has 2 heterocycles. The first kappa shape index (κ1) is 15.9. The van der Waals surface area contributed by atoms with Crippen molar-refractivity contribution in [2.45, 2.75) is 13.5 Å². The summed E-state index contributed by atoms with van der Waals surface area (Å²) in [4.78, 5) is 28.5. The van der Waals surface area contributed by atoms with Gasteiger partial charge in [-0.1, -0.05) is 0 Å². The molecule has 0 N–H and O–H groups in total. The molecule has 122 valence electrons. The molecule has 0 bridgehead atoms. The largest absolute Gasteiger partial charge is 0.462 e. The van der Waals surface area contributed by atoms with E-state index in [2.05, 4.69) is 4.98 Å². The summed E-state index contributed by atoms with van der Waals surface area (Å²) in [5.41, 5.74) is 0.804. The first-order valence-corrected chi connectivity index (χ1v) is 7.49. The zero-order valence-corrected chi connectivity index (χ0v) is 13.0. The Morgan fingerprint density at radius 2 is 2.00 bits per heavy atom. The Balaban J connectivity index is 2.21. The zero-order chi connectivity index (χ0) is 17.1. The molecule has 0 aliphatic heterocycles. The molecule has 6 heteroatoms. The van der Waals surface area contributed by atoms with E-state index in [1.165, 1.54) is 24.4 Å². The van der Waals surface area contributed by atoms with Crippen molar-refractivity contribution in [3.63, 3.8) is 0 Å². The topological polar surface area (TPSA) is 61.2 Å². The number of hydrogen-bond donors (Lipinski definition) is 0. The van der Waals surface area contributed by atoms with E-state index in [1.807, 2.05) is 12.1 Å². The fourth-order valence-electron chi connectivity index (χ4n) is 2.53. The van der Waals surface area contributed by atoms with Gasteiger partial charge in [0.15, 0.2) is 0 Å². The Labute approximate surface area is 137 Å². The molecule has 0 spiro atoms. The number of halogens is 1. The number of pyridine rings is 2. The number of aromatic nitrogens is 2. The standard InChI is InChI=1S/C18H15FN2O3/c1-2-24-18(23)15-11-21(10-12-5-7-20-8-6-12)16-9-13(19)3-4-14(16)17(15)22/h3-9,11H,2,10H2,1H3. The minimum absolute atomic E-state index is 0.0648. The lowest BCUT2D eigenvalue weighted by Gasteiger charge is -2.13. The summed E-state index contributed by atoms with van der Waals surface area (Å²) in [5.74, 6) is -1.13. The average Bonchev–Trinajstić information content (AvgIpc) is 2.58. The molecule has 3 rings (SSSR count). The number of esters is 1. The van der Waals surface area contributed by atoms with Crippen LogP contribution in [-0.2, 0) is 11.3 Å². The lowest BCUT2D eigenvalue weighted by molar-refractivity contribution is 0.0524. The SMILES string of the molecule is CCOC(=O)c1cn(Cc2ccncc2)c2cc(F)ccc2c1=O. The van der Waals surface area contributed by atoms with Gasteiger partial charge in [-0.3, -0.25) is 9.78 Å². The molecule has 1 aromatic carbocycles. The molecule has 0 atom stereocenters. The number of fused-ring (bicyclic) bond motifs is 1. The molecule has 0 aliphatic rings. The van der Waals surface area contributed by atoms with Gasteiger partial charge in [-0.25, -0.2) is 9.18 Å². The normalized spacial score (nSPS) is 10.8. The van der Waals surface area contributed by atoms with Gasteiger partial charge in [0.25, 0.3) is 0 Å². The van der Waals surface area contributed by atoms with Gasteiger partial charge in [0.2, 0.25) is 5.43 Å². The molecule has 2 aromatic heterocycles. The number of hydrogen-bond acceptors (Lipinski definition) is 4. The first-order chi connectivity index (χ1) is 11.6. The van der Waals surface area contributed by atoms with Crippen LogP contribution in [0.25, 0.3) is 10.9 Å². The van der Waals surface area contributed by atoms with E-state index in [-0.39, 0.29) is 17.6 Å². The van der Waals surface area contributed by atoms with Crippen molar-refractivity contribution in [1.29, 1.82) is 0 Å². The van der Waals surface area contributed by atoms with E-state index in [9.17, 15) is 14.0 Å². The third-order valence-electron chi connectivity index (χ3n) is 3.64. The van der Waals surface area contributed by atoms with E-state index in [0.717, 1.165) is 5.56 Å². The molecule has 5 nitrogen and oxygen atoms in total. The molecule has 0 unspecified atom stereocenters. The maximum Gasteiger partial charge on any atom is 0.343 e. The maximum atomic E-state index is 13.6. The third kappa shape index (κ3) is 3.03. The van der Waals surface area contributed by atoms with Crippen molar-refractivity contribution in [2.24, 2.45) is 0 Å². The summed E-state index contributed by atoms with van der Waals surface area (Å²) in [6, 6.07) is 7.50. The van der Waals surface area contributed by atoms with Crippen LogP contribution in [0.1, 0.15) is 22.8 Å². The maximum absolute atomic E-state index is 13.6. The van der Waals surface area contributed by atoms with Gasteiger partial charge in [0.05, 0.1) is 12.1 Å². The number of benzene rings is 1. The first-order valence-electron chi connectivity index (χ1n) is 7.49. The van der Waals surface area contributed by atoms with E-state index >= 15 is 0 Å². The van der Waals surface area contributed by atoms with E-state index in [0.29, 0.717) is 12.1 Å². The van der Waals surface area contributed by atoms with Gasteiger partial charge in [-0.05, 0) is 42.8 Å². The van der Waals surface area contributed by atoms with Gasteiger partial charge in [0.1, 0.15) is 11.4 Å². The highest BCUT2D eigenvalue weighted by Gasteiger charge is 2.17. The van der Waals surface area contributed by atoms with Crippen LogP contribution >= 0.6 is 0 Å². The van der Waals surface area contributed by atoms with Gasteiger partial charge < -0.3 is 9.30 Å². The van der Waals surface area contributed by atoms with Crippen molar-refractivity contribution in [3.05, 3.63) is 76.1 Å². The predicted molar refractivity (Wildman–Crippen MR) is 87.5 cm³/mol. The molecule has 0 saturated carbocycles. The lowest BCUT2D eigenvalue weighted by Crippen LogP contribution is -2.21. The van der Waals surface area contributed by atoms with Crippen LogP contribution in [0.4, 0.5) is 4.39 Å². The van der Waals surface area contributed by atoms with E-state index < -0.39 is 17.2 Å². The summed E-state index contributed by atoms with van der Waals surface area (Å²) in [6.45, 7) is 2.21. The summed E-state index contributed by atoms with van der Waals surface area (Å²) in [7, 11) is 0. The molecule has 0 amide bonds. The van der Waals surface area contributed by atoms with Crippen molar-refractivity contribution in [1.82, 2.24) is 9.55 Å². The summed E-state index contributed by atoms with van der Waals surface area (Å²) < 4.78 is 20.3. The van der Waals surface area contributed by atoms with Gasteiger partial charge >= 0.3 is 5.97 Å². The molecular formula is C18H15FN2O3. The molecule has 24 heavy (non-hydrogen) atoms. The molecule has 0 radical (unpaired) electrons. The minimum atomic E-state index is -0.683. The quantitative estimate of drug-likeness (QED) is 0.692. The smallest absolute Gasteiger partial charge is 0.343 e. The molecule has 0 aliphatic carbocycles. The lowest BCUT2D eigenvalue weighted by atomic mass is 10.1. The van der Waals surface area contributed by atoms with Crippen molar-refractivity contribution in [2.75, 3.05) is 6.61 Å². The molecule has 0 saturated heterocycles. The summed E-state index contributed by atoms with van der Waals surface area (Å²) in [5, 5.41) is 0.274. The number of ether oxygens (including phenoxy) is 1. The Morgan fingerprint density at radius 1 is 1.25 bits per heavy atom. The van der Waals surface area contributed by atoms with Crippen LogP contribution in [0.5, 0.6) is 0 Å². The van der Waals surface area contributed by atoms with Crippen LogP contribution in [0, 0.1) is 5.82 Å². The average molecular weight is 326 g/mol. The zero-order valence-electron chi connectivity index (χ0n) is 13.0. The fourth-order valence-corrected chi connectivity index (χ4v) is 2.53. The molecular weight excluding hydrogens is 311 g/mol. The van der Waals surface area contributed by atoms with Crippen LogP contribution in [0.2, 0.25) is 0 Å². The van der Waals surface area contributed by atoms with Crippen molar-refractivity contribution in [3.8, 4) is 0 Å². The molecule has 0 fully saturated rings. The number of carbonyl (C=O) groups is 1. The highest BCUT2D eigenvalue weighted by atomic mass is 19.1. The van der Waals surface area contributed by atoms with Crippen molar-refractivity contribution < 1.29 is 13.9 Å². The monoisotopic (exact) mass is 326 g/mol. The Kier molecular flexibility index (Phi) is 4.37. The van der Waals surface area contributed by atoms with Crippen molar-refractivity contribution >= 4 is 16.9 Å². The Morgan fingerprint density at radius 3 is 2.71 bits per heavy atom. The highest BCUT2D eigenvalue weighted by Crippen LogP contribution is 2.16. The van der Waals surface area contributed by atoms with Gasteiger partial charge in [0, 0.05) is 30.5 Å². The number of carbonyl (C=O) groups excluding carboxylic acids is 1. The Hall–Kier alpha value is -3.02. The third-order valence-corrected chi connectivity index (χ3v) is 3.64.